The van der Waals surface area contributed by atoms with E-state index in [2.05, 4.69) is 17.4 Å². The molecule has 1 heterocycles. The van der Waals surface area contributed by atoms with E-state index in [4.69, 9.17) is 5.73 Å². The van der Waals surface area contributed by atoms with Crippen molar-refractivity contribution in [1.29, 1.82) is 0 Å². The highest BCUT2D eigenvalue weighted by molar-refractivity contribution is 7.05. The van der Waals surface area contributed by atoms with Crippen molar-refractivity contribution in [3.8, 4) is 0 Å². The van der Waals surface area contributed by atoms with Crippen molar-refractivity contribution >= 4 is 11.5 Å². The quantitative estimate of drug-likeness (QED) is 0.789. The minimum absolute atomic E-state index is 0.0537. The average Bonchev–Trinajstić information content (AvgIpc) is 2.72. The van der Waals surface area contributed by atoms with Gasteiger partial charge >= 0.3 is 0 Å². The molecule has 1 fully saturated rings. The molecule has 0 amide bonds. The van der Waals surface area contributed by atoms with Crippen LogP contribution in [0.3, 0.4) is 0 Å². The molecule has 1 saturated carbocycles. The molecule has 0 saturated heterocycles. The molecule has 2 unspecified atom stereocenters. The fourth-order valence-electron chi connectivity index (χ4n) is 2.23. The predicted octanol–water partition coefficient (Wildman–Crippen LogP) is 2.51. The van der Waals surface area contributed by atoms with E-state index in [9.17, 15) is 0 Å². The molecule has 72 valence electrons. The van der Waals surface area contributed by atoms with Crippen LogP contribution in [0.25, 0.3) is 0 Å². The van der Waals surface area contributed by atoms with Crippen LogP contribution in [0.5, 0.6) is 0 Å². The first-order valence-electron chi connectivity index (χ1n) is 4.94. The molecular weight excluding hydrogens is 180 g/mol. The number of rotatable bonds is 2. The molecule has 1 aromatic rings. The van der Waals surface area contributed by atoms with Crippen molar-refractivity contribution in [1.82, 2.24) is 4.37 Å². The van der Waals surface area contributed by atoms with Gasteiger partial charge in [-0.3, -0.25) is 0 Å². The molecule has 1 aromatic heterocycles. The second-order valence-electron chi connectivity index (χ2n) is 4.05. The van der Waals surface area contributed by atoms with Crippen LogP contribution < -0.4 is 5.73 Å². The average molecular weight is 196 g/mol. The van der Waals surface area contributed by atoms with Crippen LogP contribution in [0, 0.1) is 5.92 Å². The Morgan fingerprint density at radius 1 is 1.77 bits per heavy atom. The van der Waals surface area contributed by atoms with Crippen molar-refractivity contribution in [3.05, 3.63) is 17.1 Å². The second-order valence-corrected chi connectivity index (χ2v) is 4.88. The molecule has 2 rings (SSSR count). The van der Waals surface area contributed by atoms with Crippen molar-refractivity contribution in [2.24, 2.45) is 11.7 Å². The maximum Gasteiger partial charge on any atom is 0.0522 e. The number of nitrogens with two attached hydrogens (primary N) is 1. The molecule has 2 nitrogen and oxygen atoms in total. The standard InChI is InChI=1S/C10H16N2S/c1-2-8-3-5-10(11,7-8)9-4-6-12-13-9/h4,6,8H,2-3,5,7,11H2,1H3. The van der Waals surface area contributed by atoms with Gasteiger partial charge in [0.1, 0.15) is 0 Å². The van der Waals surface area contributed by atoms with Gasteiger partial charge in [0.2, 0.25) is 0 Å². The largest absolute Gasteiger partial charge is 0.321 e. The molecule has 1 aliphatic carbocycles. The fourth-order valence-corrected chi connectivity index (χ4v) is 2.95. The number of hydrogen-bond donors (Lipinski definition) is 1. The van der Waals surface area contributed by atoms with Gasteiger partial charge in [0.15, 0.2) is 0 Å². The minimum atomic E-state index is -0.0537. The summed E-state index contributed by atoms with van der Waals surface area (Å²) < 4.78 is 4.12. The first kappa shape index (κ1) is 9.16. The Hall–Kier alpha value is -0.410. The van der Waals surface area contributed by atoms with E-state index in [1.54, 1.807) is 11.5 Å². The van der Waals surface area contributed by atoms with Gasteiger partial charge in [0.25, 0.3) is 0 Å². The summed E-state index contributed by atoms with van der Waals surface area (Å²) in [5, 5.41) is 0. The number of nitrogens with zero attached hydrogens (tertiary/aromatic N) is 1. The van der Waals surface area contributed by atoms with Crippen LogP contribution in [-0.4, -0.2) is 4.37 Å². The highest BCUT2D eigenvalue weighted by Crippen LogP contribution is 2.42. The number of aromatic nitrogens is 1. The third-order valence-corrected chi connectivity index (χ3v) is 4.12. The lowest BCUT2D eigenvalue weighted by atomic mass is 9.95. The van der Waals surface area contributed by atoms with Crippen LogP contribution in [-0.2, 0) is 5.54 Å². The van der Waals surface area contributed by atoms with Crippen LogP contribution in [0.2, 0.25) is 0 Å². The monoisotopic (exact) mass is 196 g/mol. The third-order valence-electron chi connectivity index (χ3n) is 3.16. The van der Waals surface area contributed by atoms with E-state index < -0.39 is 0 Å². The summed E-state index contributed by atoms with van der Waals surface area (Å²) in [4.78, 5) is 1.27. The lowest BCUT2D eigenvalue weighted by Gasteiger charge is -2.21. The highest BCUT2D eigenvalue weighted by atomic mass is 32.1. The number of hydrogen-bond acceptors (Lipinski definition) is 3. The Labute approximate surface area is 83.3 Å². The van der Waals surface area contributed by atoms with E-state index in [0.717, 1.165) is 18.8 Å². The smallest absolute Gasteiger partial charge is 0.0522 e. The maximum absolute atomic E-state index is 6.36. The molecule has 13 heavy (non-hydrogen) atoms. The van der Waals surface area contributed by atoms with Crippen LogP contribution in [0.1, 0.15) is 37.5 Å². The first-order valence-corrected chi connectivity index (χ1v) is 5.72. The summed E-state index contributed by atoms with van der Waals surface area (Å²) in [6.45, 7) is 2.25. The molecule has 3 heteroatoms. The van der Waals surface area contributed by atoms with E-state index in [0.29, 0.717) is 0 Å². The fraction of sp³-hybridized carbons (Fsp3) is 0.700. The van der Waals surface area contributed by atoms with Gasteiger partial charge in [-0.1, -0.05) is 13.3 Å². The summed E-state index contributed by atoms with van der Waals surface area (Å²) in [5.41, 5.74) is 6.31. The normalized spacial score (nSPS) is 33.8. The lowest BCUT2D eigenvalue weighted by molar-refractivity contribution is 0.431. The molecule has 2 N–H and O–H groups in total. The van der Waals surface area contributed by atoms with Crippen LogP contribution in [0.15, 0.2) is 12.3 Å². The van der Waals surface area contributed by atoms with Gasteiger partial charge < -0.3 is 5.73 Å². The van der Waals surface area contributed by atoms with Crippen molar-refractivity contribution in [3.63, 3.8) is 0 Å². The highest BCUT2D eigenvalue weighted by Gasteiger charge is 2.37. The molecule has 0 radical (unpaired) electrons. The first-order chi connectivity index (χ1) is 6.24. The van der Waals surface area contributed by atoms with Crippen molar-refractivity contribution in [2.75, 3.05) is 0 Å². The maximum atomic E-state index is 6.36. The molecule has 0 aliphatic heterocycles. The summed E-state index contributed by atoms with van der Waals surface area (Å²) >= 11 is 1.56. The zero-order valence-electron chi connectivity index (χ0n) is 7.99. The topological polar surface area (TPSA) is 38.9 Å². The van der Waals surface area contributed by atoms with E-state index in [1.807, 2.05) is 6.20 Å². The summed E-state index contributed by atoms with van der Waals surface area (Å²) in [5.74, 6) is 0.826. The van der Waals surface area contributed by atoms with Gasteiger partial charge in [-0.25, -0.2) is 4.37 Å². The Kier molecular flexibility index (Phi) is 2.39. The molecular formula is C10H16N2S. The van der Waals surface area contributed by atoms with E-state index >= 15 is 0 Å². The van der Waals surface area contributed by atoms with Crippen molar-refractivity contribution in [2.45, 2.75) is 38.1 Å². The summed E-state index contributed by atoms with van der Waals surface area (Å²) in [6, 6.07) is 2.07. The molecule has 1 aliphatic rings. The van der Waals surface area contributed by atoms with Gasteiger partial charge in [0, 0.05) is 11.1 Å². The molecule has 0 spiro atoms. The van der Waals surface area contributed by atoms with Gasteiger partial charge in [0.05, 0.1) is 5.54 Å². The van der Waals surface area contributed by atoms with Crippen molar-refractivity contribution < 1.29 is 0 Å². The third kappa shape index (κ3) is 1.63. The summed E-state index contributed by atoms with van der Waals surface area (Å²) in [6.07, 6.45) is 6.68. The lowest BCUT2D eigenvalue weighted by Crippen LogP contribution is -2.32. The molecule has 0 bridgehead atoms. The van der Waals surface area contributed by atoms with Crippen LogP contribution >= 0.6 is 11.5 Å². The van der Waals surface area contributed by atoms with Gasteiger partial charge in [-0.05, 0) is 42.8 Å². The van der Waals surface area contributed by atoms with E-state index in [-0.39, 0.29) is 5.54 Å². The Balaban J connectivity index is 2.15. The Bertz CT molecular complexity index is 270. The zero-order chi connectivity index (χ0) is 9.31. The van der Waals surface area contributed by atoms with Crippen LogP contribution in [0.4, 0.5) is 0 Å². The SMILES string of the molecule is CCC1CCC(N)(c2ccns2)C1. The minimum Gasteiger partial charge on any atom is -0.321 e. The molecule has 0 aromatic carbocycles. The Morgan fingerprint density at radius 3 is 3.15 bits per heavy atom. The Morgan fingerprint density at radius 2 is 2.62 bits per heavy atom. The zero-order valence-corrected chi connectivity index (χ0v) is 8.81. The second kappa shape index (κ2) is 3.39. The molecule has 2 atom stereocenters. The summed E-state index contributed by atoms with van der Waals surface area (Å²) in [7, 11) is 0. The predicted molar refractivity (Wildman–Crippen MR) is 55.6 cm³/mol. The van der Waals surface area contributed by atoms with Gasteiger partial charge in [-0.15, -0.1) is 0 Å². The van der Waals surface area contributed by atoms with E-state index in [1.165, 1.54) is 17.7 Å². The van der Waals surface area contributed by atoms with Gasteiger partial charge in [-0.2, -0.15) is 0 Å².